The van der Waals surface area contributed by atoms with Crippen molar-refractivity contribution in [2.75, 3.05) is 0 Å². The van der Waals surface area contributed by atoms with Crippen LogP contribution in [0, 0.1) is 0 Å². The van der Waals surface area contributed by atoms with Crippen molar-refractivity contribution in [3.8, 4) is 11.3 Å². The molecule has 1 nitrogen and oxygen atoms in total. The Labute approximate surface area is 136 Å². The Morgan fingerprint density at radius 1 is 0.955 bits per heavy atom. The number of hydrogen-bond acceptors (Lipinski definition) is 1. The molecule has 2 aromatic carbocycles. The minimum Gasteiger partial charge on any atom is -0.256 e. The van der Waals surface area contributed by atoms with Gasteiger partial charge < -0.3 is 0 Å². The number of rotatable bonds is 4. The fourth-order valence-electron chi connectivity index (χ4n) is 2.34. The molecule has 0 N–H and O–H groups in total. The van der Waals surface area contributed by atoms with E-state index in [4.69, 9.17) is 4.11 Å². The van der Waals surface area contributed by atoms with Gasteiger partial charge in [0.2, 0.25) is 0 Å². The summed E-state index contributed by atoms with van der Waals surface area (Å²) in [6, 6.07) is 20.4. The van der Waals surface area contributed by atoms with E-state index in [0.717, 1.165) is 11.1 Å². The van der Waals surface area contributed by atoms with Crippen LogP contribution in [0.5, 0.6) is 0 Å². The lowest BCUT2D eigenvalue weighted by atomic mass is 9.98. The van der Waals surface area contributed by atoms with Crippen LogP contribution in [0.4, 0.5) is 0 Å². The molecule has 0 fully saturated rings. The van der Waals surface area contributed by atoms with Gasteiger partial charge in [-0.1, -0.05) is 62.4 Å². The number of benzene rings is 2. The molecule has 3 rings (SSSR count). The Morgan fingerprint density at radius 3 is 2.55 bits per heavy atom. The van der Waals surface area contributed by atoms with Crippen LogP contribution in [-0.2, 0) is 6.37 Å². The molecule has 0 aliphatic carbocycles. The predicted molar refractivity (Wildman–Crippen MR) is 93.0 cm³/mol. The zero-order valence-corrected chi connectivity index (χ0v) is 12.9. The summed E-state index contributed by atoms with van der Waals surface area (Å²) in [5, 5.41) is 0. The molecule has 22 heavy (non-hydrogen) atoms. The van der Waals surface area contributed by atoms with E-state index < -0.39 is 12.3 Å². The second kappa shape index (κ2) is 6.57. The average molecular weight is 290 g/mol. The molecule has 0 amide bonds. The highest BCUT2D eigenvalue weighted by molar-refractivity contribution is 5.61. The molecular formula is C21H21N. The minimum absolute atomic E-state index is 0.569. The van der Waals surface area contributed by atoms with Crippen LogP contribution in [0.1, 0.15) is 40.5 Å². The standard InChI is InChI=1S/C21H21N/c1-16(2)19-9-6-10-20(15-19)21-14-18(11-12-22-21)13-17-7-4-3-5-8-17/h3-12,14-16H,13H2,1-2H3/i13D2,16D. The summed E-state index contributed by atoms with van der Waals surface area (Å²) < 4.78 is 25.2. The van der Waals surface area contributed by atoms with Crippen LogP contribution in [0.15, 0.2) is 72.9 Å². The van der Waals surface area contributed by atoms with Crippen molar-refractivity contribution in [1.29, 1.82) is 0 Å². The quantitative estimate of drug-likeness (QED) is 0.621. The summed E-state index contributed by atoms with van der Waals surface area (Å²) >= 11 is 0. The lowest BCUT2D eigenvalue weighted by Crippen LogP contribution is -1.92. The van der Waals surface area contributed by atoms with E-state index in [1.54, 1.807) is 30.5 Å². The Morgan fingerprint density at radius 2 is 1.77 bits per heavy atom. The molecule has 0 atom stereocenters. The largest absolute Gasteiger partial charge is 0.256 e. The normalized spacial score (nSPS) is 14.0. The van der Waals surface area contributed by atoms with Crippen molar-refractivity contribution in [2.24, 2.45) is 0 Å². The molecule has 0 aliphatic rings. The Hall–Kier alpha value is -2.41. The fourth-order valence-corrected chi connectivity index (χ4v) is 2.34. The first-order valence-electron chi connectivity index (χ1n) is 8.91. The van der Waals surface area contributed by atoms with Crippen LogP contribution in [0.3, 0.4) is 0 Å². The van der Waals surface area contributed by atoms with Gasteiger partial charge in [-0.15, -0.1) is 0 Å². The maximum absolute atomic E-state index is 8.52. The molecule has 0 aliphatic heterocycles. The van der Waals surface area contributed by atoms with Gasteiger partial charge in [-0.25, -0.2) is 0 Å². The van der Waals surface area contributed by atoms with Gasteiger partial charge >= 0.3 is 0 Å². The Bertz CT molecular complexity index is 868. The number of aromatic nitrogens is 1. The fraction of sp³-hybridized carbons (Fsp3) is 0.190. The molecular weight excluding hydrogens is 266 g/mol. The lowest BCUT2D eigenvalue weighted by molar-refractivity contribution is 0.867. The van der Waals surface area contributed by atoms with Crippen LogP contribution in [-0.4, -0.2) is 4.98 Å². The van der Waals surface area contributed by atoms with Gasteiger partial charge in [0.1, 0.15) is 0 Å². The maximum atomic E-state index is 8.52. The second-order valence-electron chi connectivity index (χ2n) is 5.50. The highest BCUT2D eigenvalue weighted by Crippen LogP contribution is 2.23. The molecule has 0 radical (unpaired) electrons. The van der Waals surface area contributed by atoms with Crippen LogP contribution in [0.2, 0.25) is 0 Å². The molecule has 3 aromatic rings. The summed E-state index contributed by atoms with van der Waals surface area (Å²) in [5.74, 6) is -0.688. The molecule has 0 unspecified atom stereocenters. The molecule has 1 heterocycles. The highest BCUT2D eigenvalue weighted by Gasteiger charge is 2.05. The molecule has 110 valence electrons. The van der Waals surface area contributed by atoms with Crippen molar-refractivity contribution in [3.63, 3.8) is 0 Å². The first-order valence-corrected chi connectivity index (χ1v) is 7.41. The van der Waals surface area contributed by atoms with Crippen molar-refractivity contribution < 1.29 is 4.11 Å². The third-order valence-corrected chi connectivity index (χ3v) is 3.56. The third-order valence-electron chi connectivity index (χ3n) is 3.56. The van der Waals surface area contributed by atoms with Gasteiger partial charge in [-0.2, -0.15) is 0 Å². The average Bonchev–Trinajstić information content (AvgIpc) is 2.62. The third kappa shape index (κ3) is 3.43. The van der Waals surface area contributed by atoms with Gasteiger partial charge in [-0.05, 0) is 47.2 Å². The van der Waals surface area contributed by atoms with Gasteiger partial charge in [0, 0.05) is 15.9 Å². The molecule has 1 heteroatoms. The van der Waals surface area contributed by atoms with Gasteiger partial charge in [0.05, 0.1) is 5.69 Å². The van der Waals surface area contributed by atoms with E-state index >= 15 is 0 Å². The van der Waals surface area contributed by atoms with E-state index in [9.17, 15) is 0 Å². The summed E-state index contributed by atoms with van der Waals surface area (Å²) in [4.78, 5) is 4.41. The second-order valence-corrected chi connectivity index (χ2v) is 5.50. The molecule has 0 saturated heterocycles. The number of nitrogens with zero attached hydrogens (tertiary/aromatic N) is 1. The summed E-state index contributed by atoms with van der Waals surface area (Å²) in [5.41, 5.74) is 3.70. The monoisotopic (exact) mass is 290 g/mol. The van der Waals surface area contributed by atoms with Crippen LogP contribution >= 0.6 is 0 Å². The summed E-state index contributed by atoms with van der Waals surface area (Å²) in [7, 11) is 0. The molecule has 1 aromatic heterocycles. The van der Waals surface area contributed by atoms with E-state index in [2.05, 4.69) is 4.98 Å². The predicted octanol–water partition coefficient (Wildman–Crippen LogP) is 5.46. The first kappa shape index (κ1) is 11.2. The number of pyridine rings is 1. The Kier molecular flexibility index (Phi) is 3.34. The topological polar surface area (TPSA) is 12.9 Å². The minimum atomic E-state index is -1.59. The summed E-state index contributed by atoms with van der Waals surface area (Å²) in [6.45, 7) is 3.70. The van der Waals surface area contributed by atoms with E-state index in [1.165, 1.54) is 0 Å². The van der Waals surface area contributed by atoms with Gasteiger partial charge in [0.15, 0.2) is 0 Å². The van der Waals surface area contributed by atoms with Crippen molar-refractivity contribution in [1.82, 2.24) is 4.98 Å². The maximum Gasteiger partial charge on any atom is 0.0704 e. The van der Waals surface area contributed by atoms with E-state index in [0.29, 0.717) is 16.8 Å². The first-order chi connectivity index (χ1) is 11.8. The summed E-state index contributed by atoms with van der Waals surface area (Å²) in [6.07, 6.45) is 0.0508. The molecule has 0 bridgehead atoms. The van der Waals surface area contributed by atoms with Crippen LogP contribution < -0.4 is 0 Å². The van der Waals surface area contributed by atoms with Crippen molar-refractivity contribution in [2.45, 2.75) is 26.1 Å². The van der Waals surface area contributed by atoms with Gasteiger partial charge in [0.25, 0.3) is 0 Å². The SMILES string of the molecule is [2H]C(C)(C)c1cccc(-c2cc(C([2H])([2H])c3ccccc3)ccn2)c1. The lowest BCUT2D eigenvalue weighted by Gasteiger charge is -2.09. The Balaban J connectivity index is 2.03. The smallest absolute Gasteiger partial charge is 0.0704 e. The molecule has 0 spiro atoms. The van der Waals surface area contributed by atoms with Gasteiger partial charge in [-0.3, -0.25) is 4.98 Å². The van der Waals surface area contributed by atoms with E-state index in [1.807, 2.05) is 56.3 Å². The van der Waals surface area contributed by atoms with Crippen molar-refractivity contribution >= 4 is 0 Å². The highest BCUT2D eigenvalue weighted by atomic mass is 14.7. The zero-order chi connectivity index (χ0) is 18.1. The van der Waals surface area contributed by atoms with Crippen LogP contribution in [0.25, 0.3) is 11.3 Å². The molecule has 0 saturated carbocycles. The van der Waals surface area contributed by atoms with E-state index in [-0.39, 0.29) is 0 Å². The zero-order valence-electron chi connectivity index (χ0n) is 15.9. The van der Waals surface area contributed by atoms with Crippen molar-refractivity contribution in [3.05, 3.63) is 89.6 Å². The number of hydrogen-bond donors (Lipinski definition) is 0.